The highest BCUT2D eigenvalue weighted by molar-refractivity contribution is 6.82. The number of nitrogens with two attached hydrogens (primary N) is 1. The minimum atomic E-state index is -0.929. The van der Waals surface area contributed by atoms with E-state index in [-0.39, 0.29) is 0 Å². The molecule has 0 aliphatic carbocycles. The average molecular weight is 209 g/mol. The highest BCUT2D eigenvalue weighted by atomic mass is 28.4. The first kappa shape index (κ1) is 14.1. The van der Waals surface area contributed by atoms with Crippen molar-refractivity contribution in [2.24, 2.45) is 5.40 Å². The molecule has 0 bridgehead atoms. The molecule has 70 valence electrons. The van der Waals surface area contributed by atoms with Gasteiger partial charge in [0, 0.05) is 0 Å². The van der Waals surface area contributed by atoms with Gasteiger partial charge in [-0.2, -0.15) is 0 Å². The van der Waals surface area contributed by atoms with Crippen LogP contribution in [0.15, 0.2) is 0 Å². The summed E-state index contributed by atoms with van der Waals surface area (Å²) in [5.74, 6) is 0. The quantitative estimate of drug-likeness (QED) is 0.646. The van der Waals surface area contributed by atoms with Gasteiger partial charge >= 0.3 is 0 Å². The van der Waals surface area contributed by atoms with Crippen LogP contribution in [0.3, 0.4) is 0 Å². The van der Waals surface area contributed by atoms with Crippen molar-refractivity contribution in [3.05, 3.63) is 0 Å². The van der Waals surface area contributed by atoms with Gasteiger partial charge in [-0.05, 0) is 7.05 Å². The van der Waals surface area contributed by atoms with Crippen molar-refractivity contribution < 1.29 is 0 Å². The van der Waals surface area contributed by atoms with E-state index in [0.717, 1.165) is 10.4 Å². The average Bonchev–Trinajstić information content (AvgIpc) is 1.89. The fourth-order valence-corrected chi connectivity index (χ4v) is 6.97. The van der Waals surface area contributed by atoms with Crippen LogP contribution in [-0.4, -0.2) is 38.9 Å². The van der Waals surface area contributed by atoms with Crippen LogP contribution in [0, 0.1) is 0 Å². The zero-order chi connectivity index (χ0) is 9.65. The molecule has 0 radical (unpaired) electrons. The lowest BCUT2D eigenvalue weighted by molar-refractivity contribution is 0.784. The second-order valence-electron chi connectivity index (χ2n) is 3.88. The Labute approximate surface area is 77.4 Å². The lowest BCUT2D eigenvalue weighted by Gasteiger charge is -2.33. The molecule has 0 aliphatic rings. The van der Waals surface area contributed by atoms with Crippen molar-refractivity contribution in [3.63, 3.8) is 0 Å². The molecule has 0 atom stereocenters. The van der Waals surface area contributed by atoms with Crippen LogP contribution in [0.25, 0.3) is 0 Å². The molecule has 0 saturated heterocycles. The zero-order valence-electron chi connectivity index (χ0n) is 9.10. The molecule has 0 amide bonds. The molecule has 0 unspecified atom stereocenters. The van der Waals surface area contributed by atoms with E-state index in [1.54, 1.807) is 0 Å². The lowest BCUT2D eigenvalue weighted by atomic mass is 11.6. The monoisotopic (exact) mass is 208 g/mol. The molecule has 0 spiro atoms. The van der Waals surface area contributed by atoms with E-state index in [9.17, 15) is 0 Å². The second-order valence-corrected chi connectivity index (χ2v) is 12.4. The van der Waals surface area contributed by atoms with Crippen LogP contribution in [0.4, 0.5) is 0 Å². The molecule has 2 nitrogen and oxygen atoms in total. The van der Waals surface area contributed by atoms with Crippen molar-refractivity contribution in [1.82, 2.24) is 4.23 Å². The van der Waals surface area contributed by atoms with Gasteiger partial charge in [0.2, 0.25) is 0 Å². The molecular formula is C6H24N2Si3. The highest BCUT2D eigenvalue weighted by Gasteiger charge is 2.21. The van der Waals surface area contributed by atoms with Gasteiger partial charge in [-0.1, -0.05) is 32.7 Å². The third kappa shape index (κ3) is 6.95. The van der Waals surface area contributed by atoms with Crippen molar-refractivity contribution in [2.45, 2.75) is 32.7 Å². The van der Waals surface area contributed by atoms with E-state index in [4.69, 9.17) is 0 Å². The molecule has 0 aromatic carbocycles. The molecule has 2 N–H and O–H groups in total. The summed E-state index contributed by atoms with van der Waals surface area (Å²) in [6.07, 6.45) is 0. The first-order valence-electron chi connectivity index (χ1n) is 4.16. The van der Waals surface area contributed by atoms with Crippen molar-refractivity contribution in [3.8, 4) is 0 Å². The van der Waals surface area contributed by atoms with Gasteiger partial charge in [-0.3, -0.25) is 0 Å². The van der Waals surface area contributed by atoms with Gasteiger partial charge < -0.3 is 9.63 Å². The summed E-state index contributed by atoms with van der Waals surface area (Å²) >= 11 is 0. The Morgan fingerprint density at radius 2 is 1.45 bits per heavy atom. The van der Waals surface area contributed by atoms with Gasteiger partial charge in [0.1, 0.15) is 8.24 Å². The first-order valence-corrected chi connectivity index (χ1v) is 11.6. The van der Waals surface area contributed by atoms with E-state index in [1.165, 1.54) is 0 Å². The smallest absolute Gasteiger partial charge is 0.111 e. The summed E-state index contributed by atoms with van der Waals surface area (Å²) in [6.45, 7) is 12.0. The maximum Gasteiger partial charge on any atom is 0.111 e. The Hall–Kier alpha value is 0.571. The fourth-order valence-electron chi connectivity index (χ4n) is 0.775. The standard InChI is InChI=1S/C6H19NSi2.H5NSi/c1-7(8(2)3)9(4,5)6;1-2/h8H,1-6H3;1H2,2H3. The van der Waals surface area contributed by atoms with Gasteiger partial charge in [-0.25, -0.2) is 0 Å². The van der Waals surface area contributed by atoms with Gasteiger partial charge in [0.25, 0.3) is 0 Å². The normalized spacial score (nSPS) is 11.7. The molecule has 0 aliphatic heterocycles. The maximum atomic E-state index is 4.64. The van der Waals surface area contributed by atoms with Crippen LogP contribution in [-0.2, 0) is 0 Å². The van der Waals surface area contributed by atoms with Crippen LogP contribution in [0.1, 0.15) is 0 Å². The van der Waals surface area contributed by atoms with E-state index in [2.05, 4.69) is 49.4 Å². The number of hydrogen-bond acceptors (Lipinski definition) is 2. The summed E-state index contributed by atoms with van der Waals surface area (Å²) in [5.41, 5.74) is 0. The van der Waals surface area contributed by atoms with E-state index in [0.29, 0.717) is 0 Å². The Bertz CT molecular complexity index is 90.3. The number of nitrogens with zero attached hydrogens (tertiary/aromatic N) is 1. The minimum Gasteiger partial charge on any atom is -0.358 e. The molecule has 0 rings (SSSR count). The predicted molar refractivity (Wildman–Crippen MR) is 64.1 cm³/mol. The van der Waals surface area contributed by atoms with E-state index < -0.39 is 17.2 Å². The fraction of sp³-hybridized carbons (Fsp3) is 1.00. The minimum absolute atomic E-state index is 0.495. The third-order valence-corrected chi connectivity index (χ3v) is 9.37. The van der Waals surface area contributed by atoms with Crippen molar-refractivity contribution in [2.75, 3.05) is 7.05 Å². The van der Waals surface area contributed by atoms with Gasteiger partial charge in [-0.15, -0.1) is 0 Å². The van der Waals surface area contributed by atoms with E-state index in [1.807, 2.05) is 0 Å². The van der Waals surface area contributed by atoms with Crippen molar-refractivity contribution >= 4 is 27.6 Å². The molecule has 0 aromatic rings. The molecule has 0 heterocycles. The van der Waals surface area contributed by atoms with Gasteiger partial charge in [0.05, 0.1) is 19.4 Å². The van der Waals surface area contributed by atoms with Crippen LogP contribution >= 0.6 is 0 Å². The predicted octanol–water partition coefficient (Wildman–Crippen LogP) is -0.0380. The maximum absolute atomic E-state index is 4.64. The highest BCUT2D eigenvalue weighted by Crippen LogP contribution is 2.07. The third-order valence-electron chi connectivity index (χ3n) is 1.83. The molecule has 0 aromatic heterocycles. The SMILES string of the molecule is CN([SiH](C)C)[Si](C)(C)C.N[SiH3]. The molecule has 0 saturated carbocycles. The number of hydrogen-bond donors (Lipinski definition) is 1. The summed E-state index contributed by atoms with van der Waals surface area (Å²) in [7, 11) is 1.66. The molecule has 0 fully saturated rings. The Balaban J connectivity index is 0. The molecular weight excluding hydrogens is 184 g/mol. The van der Waals surface area contributed by atoms with Crippen molar-refractivity contribution in [1.29, 1.82) is 0 Å². The lowest BCUT2D eigenvalue weighted by Crippen LogP contribution is -2.49. The number of rotatable bonds is 2. The van der Waals surface area contributed by atoms with Crippen LogP contribution in [0.5, 0.6) is 0 Å². The summed E-state index contributed by atoms with van der Waals surface area (Å²) < 4.78 is 2.63. The Morgan fingerprint density at radius 1 is 1.18 bits per heavy atom. The topological polar surface area (TPSA) is 29.3 Å². The first-order chi connectivity index (χ1) is 4.85. The second kappa shape index (κ2) is 6.13. The zero-order valence-corrected chi connectivity index (χ0v) is 13.3. The summed E-state index contributed by atoms with van der Waals surface area (Å²) in [6, 6.07) is 0. The largest absolute Gasteiger partial charge is 0.358 e. The van der Waals surface area contributed by atoms with Gasteiger partial charge in [0.15, 0.2) is 0 Å². The Kier molecular flexibility index (Phi) is 7.86. The summed E-state index contributed by atoms with van der Waals surface area (Å²) in [5, 5.41) is 4.64. The van der Waals surface area contributed by atoms with Crippen LogP contribution in [0.2, 0.25) is 32.7 Å². The van der Waals surface area contributed by atoms with E-state index >= 15 is 0 Å². The summed E-state index contributed by atoms with van der Waals surface area (Å²) in [4.78, 5) is 0. The molecule has 11 heavy (non-hydrogen) atoms. The van der Waals surface area contributed by atoms with Crippen LogP contribution < -0.4 is 5.40 Å². The Morgan fingerprint density at radius 3 is 1.45 bits per heavy atom. The molecule has 5 heteroatoms.